The third-order valence-corrected chi connectivity index (χ3v) is 3.12. The lowest BCUT2D eigenvalue weighted by molar-refractivity contribution is 0.415. The summed E-state index contributed by atoms with van der Waals surface area (Å²) in [6.45, 7) is 2.52. The molecule has 0 saturated carbocycles. The van der Waals surface area contributed by atoms with Gasteiger partial charge in [0, 0.05) is 17.7 Å². The Kier molecular flexibility index (Phi) is 4.72. The van der Waals surface area contributed by atoms with Crippen LogP contribution in [0.4, 0.5) is 0 Å². The van der Waals surface area contributed by atoms with Crippen LogP contribution in [0.1, 0.15) is 18.9 Å². The van der Waals surface area contributed by atoms with E-state index in [2.05, 4.69) is 5.10 Å². The lowest BCUT2D eigenvalue weighted by atomic mass is 10.1. The van der Waals surface area contributed by atoms with E-state index in [9.17, 15) is 4.79 Å². The van der Waals surface area contributed by atoms with Crippen LogP contribution in [0.15, 0.2) is 35.1 Å². The summed E-state index contributed by atoms with van der Waals surface area (Å²) in [7, 11) is 1.60. The van der Waals surface area contributed by atoms with Crippen LogP contribution in [-0.2, 0) is 13.0 Å². The predicted molar refractivity (Wildman–Crippen MR) is 80.1 cm³/mol. The van der Waals surface area contributed by atoms with E-state index in [0.29, 0.717) is 17.8 Å². The van der Waals surface area contributed by atoms with Crippen molar-refractivity contribution in [3.05, 3.63) is 46.2 Å². The third-order valence-electron chi connectivity index (χ3n) is 3.12. The Morgan fingerprint density at radius 1 is 1.38 bits per heavy atom. The lowest BCUT2D eigenvalue weighted by Crippen LogP contribution is -2.26. The highest BCUT2D eigenvalue weighted by atomic mass is 16.5. The molecule has 2 aromatic rings. The summed E-state index contributed by atoms with van der Waals surface area (Å²) in [5.41, 5.74) is 1.81. The Morgan fingerprint density at radius 3 is 2.86 bits per heavy atom. The monoisotopic (exact) mass is 283 g/mol. The minimum Gasteiger partial charge on any atom is -0.497 e. The summed E-state index contributed by atoms with van der Waals surface area (Å²) in [6.07, 6.45) is 0.891. The van der Waals surface area contributed by atoms with Crippen LogP contribution in [0.3, 0.4) is 0 Å². The van der Waals surface area contributed by atoms with E-state index >= 15 is 0 Å². The molecule has 0 amide bonds. The summed E-state index contributed by atoms with van der Waals surface area (Å²) < 4.78 is 6.64. The quantitative estimate of drug-likeness (QED) is 0.845. The molecule has 0 spiro atoms. The van der Waals surface area contributed by atoms with Crippen molar-refractivity contribution in [2.75, 3.05) is 7.11 Å². The van der Waals surface area contributed by atoms with E-state index in [1.54, 1.807) is 13.2 Å². The van der Waals surface area contributed by atoms with Gasteiger partial charge >= 0.3 is 0 Å². The third kappa shape index (κ3) is 3.29. The van der Waals surface area contributed by atoms with Crippen LogP contribution in [0.25, 0.3) is 11.3 Å². The fourth-order valence-electron chi connectivity index (χ4n) is 2.10. The van der Waals surface area contributed by atoms with Crippen molar-refractivity contribution in [1.29, 1.82) is 5.26 Å². The van der Waals surface area contributed by atoms with Gasteiger partial charge in [-0.25, -0.2) is 4.68 Å². The fourth-order valence-corrected chi connectivity index (χ4v) is 2.10. The Hall–Kier alpha value is -2.61. The Balaban J connectivity index is 2.57. The molecular weight excluding hydrogens is 266 g/mol. The zero-order chi connectivity index (χ0) is 15.2. The zero-order valence-electron chi connectivity index (χ0n) is 12.2. The molecule has 0 aliphatic carbocycles. The number of hydrogen-bond acceptors (Lipinski definition) is 4. The summed E-state index contributed by atoms with van der Waals surface area (Å²) in [5.74, 6) is 0.726. The SMILES string of the molecule is CCCn1nc(-c2cccc(OC)c2)cc(CC#N)c1=O. The van der Waals surface area contributed by atoms with Crippen LogP contribution in [0.2, 0.25) is 0 Å². The number of rotatable bonds is 5. The second-order valence-electron chi connectivity index (χ2n) is 4.65. The second-order valence-corrected chi connectivity index (χ2v) is 4.65. The van der Waals surface area contributed by atoms with Crippen LogP contribution in [0, 0.1) is 11.3 Å². The highest BCUT2D eigenvalue weighted by Gasteiger charge is 2.10. The number of aryl methyl sites for hydroxylation is 1. The number of nitrogens with zero attached hydrogens (tertiary/aromatic N) is 3. The van der Waals surface area contributed by atoms with Gasteiger partial charge in [0.05, 0.1) is 25.3 Å². The molecule has 0 aliphatic rings. The molecule has 0 bridgehead atoms. The molecule has 0 radical (unpaired) electrons. The topological polar surface area (TPSA) is 67.9 Å². The van der Waals surface area contributed by atoms with Crippen molar-refractivity contribution in [3.63, 3.8) is 0 Å². The molecule has 2 rings (SSSR count). The van der Waals surface area contributed by atoms with Crippen molar-refractivity contribution >= 4 is 0 Å². The van der Waals surface area contributed by atoms with Crippen LogP contribution >= 0.6 is 0 Å². The van der Waals surface area contributed by atoms with E-state index in [4.69, 9.17) is 10.00 Å². The first kappa shape index (κ1) is 14.8. The van der Waals surface area contributed by atoms with Gasteiger partial charge in [0.25, 0.3) is 5.56 Å². The molecule has 0 N–H and O–H groups in total. The van der Waals surface area contributed by atoms with Crippen LogP contribution in [0.5, 0.6) is 5.75 Å². The van der Waals surface area contributed by atoms with Gasteiger partial charge in [-0.3, -0.25) is 4.79 Å². The molecule has 0 aliphatic heterocycles. The molecule has 0 fully saturated rings. The summed E-state index contributed by atoms with van der Waals surface area (Å²) in [5, 5.41) is 13.3. The standard InChI is InChI=1S/C16H17N3O2/c1-3-9-19-16(20)13(7-8-17)11-15(18-19)12-5-4-6-14(10-12)21-2/h4-6,10-11H,3,7,9H2,1-2H3. The van der Waals surface area contributed by atoms with Gasteiger partial charge in [-0.05, 0) is 24.6 Å². The number of methoxy groups -OCH3 is 1. The highest BCUT2D eigenvalue weighted by molar-refractivity contribution is 5.61. The minimum atomic E-state index is -0.190. The Labute approximate surface area is 123 Å². The molecule has 0 saturated heterocycles. The molecule has 1 aromatic heterocycles. The van der Waals surface area contributed by atoms with E-state index in [1.807, 2.05) is 37.3 Å². The number of aromatic nitrogens is 2. The van der Waals surface area contributed by atoms with Gasteiger partial charge in [-0.1, -0.05) is 19.1 Å². The largest absolute Gasteiger partial charge is 0.497 e. The van der Waals surface area contributed by atoms with Crippen molar-refractivity contribution in [2.24, 2.45) is 0 Å². The molecule has 0 atom stereocenters. The summed E-state index contributed by atoms with van der Waals surface area (Å²) >= 11 is 0. The fraction of sp³-hybridized carbons (Fsp3) is 0.312. The Bertz CT molecular complexity index is 729. The van der Waals surface area contributed by atoms with Crippen molar-refractivity contribution in [1.82, 2.24) is 9.78 Å². The molecule has 1 aromatic carbocycles. The number of benzene rings is 1. The van der Waals surface area contributed by atoms with E-state index < -0.39 is 0 Å². The van der Waals surface area contributed by atoms with Crippen molar-refractivity contribution < 1.29 is 4.74 Å². The molecule has 1 heterocycles. The van der Waals surface area contributed by atoms with Gasteiger partial charge in [-0.15, -0.1) is 0 Å². The molecule has 0 unspecified atom stereocenters. The maximum atomic E-state index is 12.2. The summed E-state index contributed by atoms with van der Waals surface area (Å²) in [4.78, 5) is 12.2. The molecular formula is C16H17N3O2. The van der Waals surface area contributed by atoms with Gasteiger partial charge in [-0.2, -0.15) is 10.4 Å². The highest BCUT2D eigenvalue weighted by Crippen LogP contribution is 2.22. The number of nitriles is 1. The van der Waals surface area contributed by atoms with E-state index in [1.165, 1.54) is 4.68 Å². The first-order valence-electron chi connectivity index (χ1n) is 6.82. The Morgan fingerprint density at radius 2 is 2.19 bits per heavy atom. The first-order chi connectivity index (χ1) is 10.2. The minimum absolute atomic E-state index is 0.0854. The normalized spacial score (nSPS) is 10.1. The number of hydrogen-bond donors (Lipinski definition) is 0. The van der Waals surface area contributed by atoms with Gasteiger partial charge in [0.1, 0.15) is 5.75 Å². The lowest BCUT2D eigenvalue weighted by Gasteiger charge is -2.09. The zero-order valence-corrected chi connectivity index (χ0v) is 12.2. The van der Waals surface area contributed by atoms with Crippen molar-refractivity contribution in [2.45, 2.75) is 26.3 Å². The molecule has 5 nitrogen and oxygen atoms in total. The van der Waals surface area contributed by atoms with Crippen LogP contribution in [-0.4, -0.2) is 16.9 Å². The maximum Gasteiger partial charge on any atom is 0.271 e. The molecule has 108 valence electrons. The van der Waals surface area contributed by atoms with Crippen LogP contribution < -0.4 is 10.3 Å². The summed E-state index contributed by atoms with van der Waals surface area (Å²) in [6, 6.07) is 11.2. The first-order valence-corrected chi connectivity index (χ1v) is 6.82. The molecule has 21 heavy (non-hydrogen) atoms. The number of ether oxygens (including phenoxy) is 1. The van der Waals surface area contributed by atoms with Gasteiger partial charge < -0.3 is 4.74 Å². The second kappa shape index (κ2) is 6.71. The van der Waals surface area contributed by atoms with E-state index in [0.717, 1.165) is 17.7 Å². The average Bonchev–Trinajstić information content (AvgIpc) is 2.51. The van der Waals surface area contributed by atoms with Gasteiger partial charge in [0.15, 0.2) is 0 Å². The van der Waals surface area contributed by atoms with Crippen molar-refractivity contribution in [3.8, 4) is 23.1 Å². The average molecular weight is 283 g/mol. The van der Waals surface area contributed by atoms with Gasteiger partial charge in [0.2, 0.25) is 0 Å². The molecule has 5 heteroatoms. The predicted octanol–water partition coefficient (Wildman–Crippen LogP) is 2.39. The maximum absolute atomic E-state index is 12.2. The van der Waals surface area contributed by atoms with E-state index in [-0.39, 0.29) is 12.0 Å². The smallest absolute Gasteiger partial charge is 0.271 e.